The lowest BCUT2D eigenvalue weighted by Crippen LogP contribution is -2.30. The molecular formula is C16H21N3O2. The molecule has 3 rings (SSSR count). The molecule has 0 radical (unpaired) electrons. The molecule has 2 saturated heterocycles. The highest BCUT2D eigenvalue weighted by atomic mass is 16.2. The predicted octanol–water partition coefficient (Wildman–Crippen LogP) is 1.80. The van der Waals surface area contributed by atoms with Crippen LogP contribution in [0.5, 0.6) is 0 Å². The van der Waals surface area contributed by atoms with E-state index < -0.39 is 0 Å². The van der Waals surface area contributed by atoms with Gasteiger partial charge in [0.25, 0.3) is 11.8 Å². The Morgan fingerprint density at radius 2 is 1.86 bits per heavy atom. The Hall–Kier alpha value is -1.91. The van der Waals surface area contributed by atoms with Crippen molar-refractivity contribution in [3.8, 4) is 0 Å². The average Bonchev–Trinajstić information content (AvgIpc) is 3.17. The Bertz CT molecular complexity index is 535. The van der Waals surface area contributed by atoms with Crippen molar-refractivity contribution in [2.45, 2.75) is 26.2 Å². The third-order valence-electron chi connectivity index (χ3n) is 4.33. The van der Waals surface area contributed by atoms with E-state index in [9.17, 15) is 9.59 Å². The second-order valence-corrected chi connectivity index (χ2v) is 6.08. The third-order valence-corrected chi connectivity index (χ3v) is 4.33. The molecule has 0 N–H and O–H groups in total. The third kappa shape index (κ3) is 2.91. The highest BCUT2D eigenvalue weighted by Crippen LogP contribution is 2.18. The second kappa shape index (κ2) is 5.84. The molecule has 5 heteroatoms. The SMILES string of the molecule is CC1CCN(C(=O)c2ccc(C(=O)N3CCCC3)cn2)C1. The van der Waals surface area contributed by atoms with Gasteiger partial charge in [-0.05, 0) is 37.3 Å². The molecule has 0 aliphatic carbocycles. The zero-order valence-corrected chi connectivity index (χ0v) is 12.4. The molecule has 1 unspecified atom stereocenters. The summed E-state index contributed by atoms with van der Waals surface area (Å²) in [6.07, 6.45) is 4.73. The van der Waals surface area contributed by atoms with Crippen LogP contribution in [0, 0.1) is 5.92 Å². The summed E-state index contributed by atoms with van der Waals surface area (Å²) in [5, 5.41) is 0. The Morgan fingerprint density at radius 3 is 2.43 bits per heavy atom. The number of hydrogen-bond acceptors (Lipinski definition) is 3. The fourth-order valence-corrected chi connectivity index (χ4v) is 3.03. The average molecular weight is 287 g/mol. The van der Waals surface area contributed by atoms with Crippen LogP contribution in [0.4, 0.5) is 0 Å². The number of likely N-dealkylation sites (tertiary alicyclic amines) is 2. The summed E-state index contributed by atoms with van der Waals surface area (Å²) in [7, 11) is 0. The molecule has 2 fully saturated rings. The summed E-state index contributed by atoms with van der Waals surface area (Å²) in [5.74, 6) is 0.554. The molecule has 0 aromatic carbocycles. The van der Waals surface area contributed by atoms with Gasteiger partial charge in [-0.1, -0.05) is 6.92 Å². The maximum atomic E-state index is 12.3. The van der Waals surface area contributed by atoms with Crippen molar-refractivity contribution in [2.75, 3.05) is 26.2 Å². The minimum absolute atomic E-state index is 0.0220. The van der Waals surface area contributed by atoms with Gasteiger partial charge in [-0.25, -0.2) is 0 Å². The summed E-state index contributed by atoms with van der Waals surface area (Å²) in [4.78, 5) is 32.4. The molecule has 112 valence electrons. The maximum Gasteiger partial charge on any atom is 0.272 e. The van der Waals surface area contributed by atoms with Crippen LogP contribution in [0.3, 0.4) is 0 Å². The first-order valence-electron chi connectivity index (χ1n) is 7.70. The fourth-order valence-electron chi connectivity index (χ4n) is 3.03. The van der Waals surface area contributed by atoms with Gasteiger partial charge in [0.05, 0.1) is 5.56 Å². The van der Waals surface area contributed by atoms with E-state index in [0.29, 0.717) is 17.2 Å². The second-order valence-electron chi connectivity index (χ2n) is 6.08. The van der Waals surface area contributed by atoms with Gasteiger partial charge in [-0.3, -0.25) is 14.6 Å². The van der Waals surface area contributed by atoms with Crippen molar-refractivity contribution >= 4 is 11.8 Å². The molecule has 1 aromatic heterocycles. The number of carbonyl (C=O) groups is 2. The summed E-state index contributed by atoms with van der Waals surface area (Å²) < 4.78 is 0. The molecule has 2 aliphatic rings. The quantitative estimate of drug-likeness (QED) is 0.833. The zero-order chi connectivity index (χ0) is 14.8. The van der Waals surface area contributed by atoms with Crippen molar-refractivity contribution in [1.82, 2.24) is 14.8 Å². The summed E-state index contributed by atoms with van der Waals surface area (Å²) >= 11 is 0. The number of aromatic nitrogens is 1. The number of nitrogens with zero attached hydrogens (tertiary/aromatic N) is 3. The first-order valence-corrected chi connectivity index (χ1v) is 7.70. The lowest BCUT2D eigenvalue weighted by molar-refractivity contribution is 0.0773. The summed E-state index contributed by atoms with van der Waals surface area (Å²) in [6.45, 7) is 5.40. The first kappa shape index (κ1) is 14.0. The highest BCUT2D eigenvalue weighted by Gasteiger charge is 2.25. The first-order chi connectivity index (χ1) is 10.1. The van der Waals surface area contributed by atoms with Crippen LogP contribution < -0.4 is 0 Å². The molecule has 0 bridgehead atoms. The number of amides is 2. The van der Waals surface area contributed by atoms with Gasteiger partial charge in [0.1, 0.15) is 5.69 Å². The Labute approximate surface area is 124 Å². The van der Waals surface area contributed by atoms with Gasteiger partial charge in [-0.2, -0.15) is 0 Å². The number of pyridine rings is 1. The van der Waals surface area contributed by atoms with Crippen molar-refractivity contribution in [3.05, 3.63) is 29.6 Å². The topological polar surface area (TPSA) is 53.5 Å². The van der Waals surface area contributed by atoms with E-state index in [0.717, 1.165) is 45.4 Å². The fraction of sp³-hybridized carbons (Fsp3) is 0.562. The lowest BCUT2D eigenvalue weighted by atomic mass is 10.2. The molecule has 0 spiro atoms. The minimum atomic E-state index is -0.0282. The molecule has 2 amide bonds. The molecule has 1 atom stereocenters. The molecule has 5 nitrogen and oxygen atoms in total. The Kier molecular flexibility index (Phi) is 3.90. The van der Waals surface area contributed by atoms with E-state index in [-0.39, 0.29) is 11.8 Å². The molecule has 21 heavy (non-hydrogen) atoms. The van der Waals surface area contributed by atoms with Crippen molar-refractivity contribution < 1.29 is 9.59 Å². The van der Waals surface area contributed by atoms with Crippen LogP contribution in [0.2, 0.25) is 0 Å². The van der Waals surface area contributed by atoms with Crippen molar-refractivity contribution in [1.29, 1.82) is 0 Å². The highest BCUT2D eigenvalue weighted by molar-refractivity contribution is 5.96. The number of hydrogen-bond donors (Lipinski definition) is 0. The molecule has 2 aliphatic heterocycles. The predicted molar refractivity (Wildman–Crippen MR) is 79.1 cm³/mol. The van der Waals surface area contributed by atoms with Gasteiger partial charge in [0.15, 0.2) is 0 Å². The lowest BCUT2D eigenvalue weighted by Gasteiger charge is -2.16. The van der Waals surface area contributed by atoms with Crippen molar-refractivity contribution in [3.63, 3.8) is 0 Å². The van der Waals surface area contributed by atoms with E-state index in [2.05, 4.69) is 11.9 Å². The van der Waals surface area contributed by atoms with E-state index in [4.69, 9.17) is 0 Å². The Balaban J connectivity index is 1.68. The number of rotatable bonds is 2. The maximum absolute atomic E-state index is 12.3. The van der Waals surface area contributed by atoms with E-state index in [1.807, 2.05) is 9.80 Å². The largest absolute Gasteiger partial charge is 0.339 e. The molecule has 0 saturated carbocycles. The van der Waals surface area contributed by atoms with Gasteiger partial charge in [0, 0.05) is 32.4 Å². The van der Waals surface area contributed by atoms with Gasteiger partial charge < -0.3 is 9.80 Å². The van der Waals surface area contributed by atoms with Crippen LogP contribution in [0.15, 0.2) is 18.3 Å². The zero-order valence-electron chi connectivity index (χ0n) is 12.4. The van der Waals surface area contributed by atoms with Crippen LogP contribution in [0.25, 0.3) is 0 Å². The van der Waals surface area contributed by atoms with Gasteiger partial charge in [0.2, 0.25) is 0 Å². The minimum Gasteiger partial charge on any atom is -0.339 e. The summed E-state index contributed by atoms with van der Waals surface area (Å²) in [5.41, 5.74) is 1.00. The Morgan fingerprint density at radius 1 is 1.10 bits per heavy atom. The molecule has 3 heterocycles. The van der Waals surface area contributed by atoms with E-state index in [1.165, 1.54) is 6.20 Å². The smallest absolute Gasteiger partial charge is 0.272 e. The van der Waals surface area contributed by atoms with Crippen LogP contribution in [0.1, 0.15) is 47.0 Å². The standard InChI is InChI=1S/C16H21N3O2/c1-12-6-9-19(11-12)16(21)14-5-4-13(10-17-14)15(20)18-7-2-3-8-18/h4-5,10,12H,2-3,6-9,11H2,1H3. The van der Waals surface area contributed by atoms with E-state index >= 15 is 0 Å². The van der Waals surface area contributed by atoms with Crippen LogP contribution >= 0.6 is 0 Å². The monoisotopic (exact) mass is 287 g/mol. The normalized spacial score (nSPS) is 21.9. The number of carbonyl (C=O) groups excluding carboxylic acids is 2. The summed E-state index contributed by atoms with van der Waals surface area (Å²) in [6, 6.07) is 3.40. The van der Waals surface area contributed by atoms with Gasteiger partial charge >= 0.3 is 0 Å². The van der Waals surface area contributed by atoms with Crippen LogP contribution in [-0.4, -0.2) is 52.8 Å². The van der Waals surface area contributed by atoms with Crippen molar-refractivity contribution in [2.24, 2.45) is 5.92 Å². The van der Waals surface area contributed by atoms with E-state index in [1.54, 1.807) is 12.1 Å². The van der Waals surface area contributed by atoms with Crippen LogP contribution in [-0.2, 0) is 0 Å². The molecular weight excluding hydrogens is 266 g/mol. The van der Waals surface area contributed by atoms with Gasteiger partial charge in [-0.15, -0.1) is 0 Å². The molecule has 1 aromatic rings.